The number of carbonyl (C=O) groups is 2. The molecular formula is C25H25BrFN3O2. The van der Waals surface area contributed by atoms with E-state index in [1.165, 1.54) is 6.07 Å². The molecule has 1 aliphatic heterocycles. The molecule has 2 amide bonds. The fourth-order valence-corrected chi connectivity index (χ4v) is 4.49. The summed E-state index contributed by atoms with van der Waals surface area (Å²) in [5.41, 5.74) is 1.87. The predicted octanol–water partition coefficient (Wildman–Crippen LogP) is 4.87. The maximum Gasteiger partial charge on any atom is 0.254 e. The highest BCUT2D eigenvalue weighted by molar-refractivity contribution is 9.10. The molecule has 1 atom stereocenters. The molecule has 32 heavy (non-hydrogen) atoms. The van der Waals surface area contributed by atoms with Crippen molar-refractivity contribution in [2.75, 3.05) is 19.6 Å². The highest BCUT2D eigenvalue weighted by Crippen LogP contribution is 2.34. The Kier molecular flexibility index (Phi) is 6.74. The van der Waals surface area contributed by atoms with Crippen molar-refractivity contribution in [1.82, 2.24) is 14.4 Å². The molecule has 0 spiro atoms. The standard InChI is InChI=1S/C25H25BrFN3O2/c1-2-13-29(25(32)18-9-11-19(26)12-10-18)17-23(31)30-16-15-28-14-5-8-22(28)24(30)20-6-3-4-7-21(20)27/h3-12,14,24H,2,13,15-17H2,1H3/t24-/m0/s1. The Morgan fingerprint density at radius 3 is 2.53 bits per heavy atom. The van der Waals surface area contributed by atoms with E-state index in [1.54, 1.807) is 40.1 Å². The fraction of sp³-hybridized carbons (Fsp3) is 0.280. The summed E-state index contributed by atoms with van der Waals surface area (Å²) < 4.78 is 17.7. The highest BCUT2D eigenvalue weighted by Gasteiger charge is 2.34. The molecule has 1 aliphatic rings. The van der Waals surface area contributed by atoms with E-state index in [4.69, 9.17) is 0 Å². The van der Waals surface area contributed by atoms with E-state index < -0.39 is 6.04 Å². The number of halogens is 2. The number of aromatic nitrogens is 1. The van der Waals surface area contributed by atoms with Crippen LogP contribution in [0.2, 0.25) is 0 Å². The van der Waals surface area contributed by atoms with Gasteiger partial charge in [-0.15, -0.1) is 0 Å². The van der Waals surface area contributed by atoms with Gasteiger partial charge in [0.1, 0.15) is 18.4 Å². The number of hydrogen-bond acceptors (Lipinski definition) is 2. The van der Waals surface area contributed by atoms with Gasteiger partial charge >= 0.3 is 0 Å². The molecule has 166 valence electrons. The Morgan fingerprint density at radius 1 is 1.06 bits per heavy atom. The SMILES string of the molecule is CCCN(CC(=O)N1CCn2cccc2[C@@H]1c1ccccc1F)C(=O)c1ccc(Br)cc1. The third-order valence-corrected chi connectivity index (χ3v) is 6.29. The molecule has 0 radical (unpaired) electrons. The predicted molar refractivity (Wildman–Crippen MR) is 125 cm³/mol. The van der Waals surface area contributed by atoms with Gasteiger partial charge in [0.2, 0.25) is 5.91 Å². The van der Waals surface area contributed by atoms with Crippen molar-refractivity contribution in [3.63, 3.8) is 0 Å². The normalized spacial score (nSPS) is 15.3. The number of amides is 2. The molecule has 0 fully saturated rings. The van der Waals surface area contributed by atoms with Crippen molar-refractivity contribution < 1.29 is 14.0 Å². The summed E-state index contributed by atoms with van der Waals surface area (Å²) >= 11 is 3.38. The number of benzene rings is 2. The van der Waals surface area contributed by atoms with Crippen LogP contribution in [0, 0.1) is 5.82 Å². The van der Waals surface area contributed by atoms with Crippen LogP contribution < -0.4 is 0 Å². The molecule has 3 aromatic rings. The Morgan fingerprint density at radius 2 is 1.81 bits per heavy atom. The zero-order chi connectivity index (χ0) is 22.7. The zero-order valence-electron chi connectivity index (χ0n) is 17.9. The Balaban J connectivity index is 1.62. The summed E-state index contributed by atoms with van der Waals surface area (Å²) in [6, 6.07) is 17.0. The van der Waals surface area contributed by atoms with Gasteiger partial charge < -0.3 is 14.4 Å². The third-order valence-electron chi connectivity index (χ3n) is 5.76. The van der Waals surface area contributed by atoms with Crippen molar-refractivity contribution in [3.05, 3.63) is 94.0 Å². The second kappa shape index (κ2) is 9.69. The van der Waals surface area contributed by atoms with Crippen LogP contribution >= 0.6 is 15.9 Å². The number of rotatable bonds is 6. The Hall–Kier alpha value is -2.93. The maximum absolute atomic E-state index is 14.8. The number of nitrogens with zero attached hydrogens (tertiary/aromatic N) is 3. The van der Waals surface area contributed by atoms with Crippen LogP contribution in [0.15, 0.2) is 71.3 Å². The molecule has 0 unspecified atom stereocenters. The van der Waals surface area contributed by atoms with Crippen LogP contribution in [0.4, 0.5) is 4.39 Å². The van der Waals surface area contributed by atoms with Crippen LogP contribution in [0.25, 0.3) is 0 Å². The lowest BCUT2D eigenvalue weighted by Crippen LogP contribution is -2.48. The van der Waals surface area contributed by atoms with Crippen molar-refractivity contribution in [2.45, 2.75) is 25.9 Å². The summed E-state index contributed by atoms with van der Waals surface area (Å²) in [4.78, 5) is 29.9. The van der Waals surface area contributed by atoms with Gasteiger partial charge in [0.25, 0.3) is 5.91 Å². The maximum atomic E-state index is 14.8. The van der Waals surface area contributed by atoms with E-state index in [2.05, 4.69) is 20.5 Å². The second-order valence-corrected chi connectivity index (χ2v) is 8.79. The minimum atomic E-state index is -0.529. The van der Waals surface area contributed by atoms with Gasteiger partial charge in [-0.2, -0.15) is 0 Å². The minimum Gasteiger partial charge on any atom is -0.348 e. The summed E-state index contributed by atoms with van der Waals surface area (Å²) in [6.45, 7) is 3.48. The van der Waals surface area contributed by atoms with Gasteiger partial charge in [-0.05, 0) is 48.9 Å². The van der Waals surface area contributed by atoms with Gasteiger partial charge in [0, 0.05) is 47.1 Å². The average Bonchev–Trinajstić information content (AvgIpc) is 3.27. The Labute approximate surface area is 195 Å². The van der Waals surface area contributed by atoms with Gasteiger partial charge in [-0.3, -0.25) is 9.59 Å². The summed E-state index contributed by atoms with van der Waals surface area (Å²) in [6.07, 6.45) is 2.68. The molecular weight excluding hydrogens is 473 g/mol. The number of carbonyl (C=O) groups excluding carboxylic acids is 2. The van der Waals surface area contributed by atoms with Gasteiger partial charge in [0.15, 0.2) is 0 Å². The smallest absolute Gasteiger partial charge is 0.254 e. The molecule has 0 saturated heterocycles. The van der Waals surface area contributed by atoms with E-state index in [0.29, 0.717) is 30.8 Å². The largest absolute Gasteiger partial charge is 0.348 e. The minimum absolute atomic E-state index is 0.0472. The van der Waals surface area contributed by atoms with E-state index in [1.807, 2.05) is 37.4 Å². The van der Waals surface area contributed by atoms with Gasteiger partial charge in [0.05, 0.1) is 0 Å². The zero-order valence-corrected chi connectivity index (χ0v) is 19.5. The van der Waals surface area contributed by atoms with Crippen molar-refractivity contribution >= 4 is 27.7 Å². The quantitative estimate of drug-likeness (QED) is 0.487. The lowest BCUT2D eigenvalue weighted by Gasteiger charge is -2.38. The topological polar surface area (TPSA) is 45.6 Å². The first-order valence-electron chi connectivity index (χ1n) is 10.7. The first-order chi connectivity index (χ1) is 15.5. The summed E-state index contributed by atoms with van der Waals surface area (Å²) in [5, 5.41) is 0. The fourth-order valence-electron chi connectivity index (χ4n) is 4.23. The molecule has 1 aromatic heterocycles. The molecule has 2 heterocycles. The van der Waals surface area contributed by atoms with Crippen LogP contribution in [0.1, 0.15) is 41.0 Å². The third kappa shape index (κ3) is 4.48. The molecule has 4 rings (SSSR count). The van der Waals surface area contributed by atoms with Gasteiger partial charge in [-0.1, -0.05) is 41.1 Å². The van der Waals surface area contributed by atoms with Crippen LogP contribution in [0.3, 0.4) is 0 Å². The van der Waals surface area contributed by atoms with Crippen LogP contribution in [-0.4, -0.2) is 45.8 Å². The molecule has 7 heteroatoms. The first kappa shape index (κ1) is 22.3. The molecule has 0 saturated carbocycles. The molecule has 0 aliphatic carbocycles. The molecule has 0 bridgehead atoms. The lowest BCUT2D eigenvalue weighted by atomic mass is 9.99. The monoisotopic (exact) mass is 497 g/mol. The van der Waals surface area contributed by atoms with Crippen LogP contribution in [0.5, 0.6) is 0 Å². The molecule has 5 nitrogen and oxygen atoms in total. The van der Waals surface area contributed by atoms with E-state index in [9.17, 15) is 14.0 Å². The Bertz CT molecular complexity index is 1110. The number of hydrogen-bond donors (Lipinski definition) is 0. The van der Waals surface area contributed by atoms with E-state index >= 15 is 0 Å². The highest BCUT2D eigenvalue weighted by atomic mass is 79.9. The second-order valence-electron chi connectivity index (χ2n) is 7.87. The first-order valence-corrected chi connectivity index (χ1v) is 11.5. The van der Waals surface area contributed by atoms with Crippen LogP contribution in [-0.2, 0) is 11.3 Å². The summed E-state index contributed by atoms with van der Waals surface area (Å²) in [5.74, 6) is -0.721. The lowest BCUT2D eigenvalue weighted by molar-refractivity contribution is -0.134. The van der Waals surface area contributed by atoms with Crippen molar-refractivity contribution in [2.24, 2.45) is 0 Å². The van der Waals surface area contributed by atoms with E-state index in [0.717, 1.165) is 16.6 Å². The van der Waals surface area contributed by atoms with Gasteiger partial charge in [-0.25, -0.2) is 4.39 Å². The summed E-state index contributed by atoms with van der Waals surface area (Å²) in [7, 11) is 0. The average molecular weight is 498 g/mol. The van der Waals surface area contributed by atoms with Crippen molar-refractivity contribution in [1.29, 1.82) is 0 Å². The number of fused-ring (bicyclic) bond motifs is 1. The van der Waals surface area contributed by atoms with Crippen molar-refractivity contribution in [3.8, 4) is 0 Å². The molecule has 0 N–H and O–H groups in total. The van der Waals surface area contributed by atoms with E-state index in [-0.39, 0.29) is 24.2 Å². The molecule has 2 aromatic carbocycles.